The summed E-state index contributed by atoms with van der Waals surface area (Å²) in [7, 11) is -3.55. The molecular formula is C12H16Cl2N2O2S. The smallest absolute Gasteiger partial charge is 0.242 e. The van der Waals surface area contributed by atoms with Gasteiger partial charge in [0.1, 0.15) is 10.0 Å². The third kappa shape index (κ3) is 4.05. The highest BCUT2D eigenvalue weighted by atomic mass is 35.5. The van der Waals surface area contributed by atoms with Crippen LogP contribution in [0.3, 0.4) is 0 Å². The Kier molecular flexibility index (Phi) is 5.06. The van der Waals surface area contributed by atoms with E-state index >= 15 is 0 Å². The zero-order valence-electron chi connectivity index (χ0n) is 10.4. The fraction of sp³-hybridized carbons (Fsp3) is 0.583. The van der Waals surface area contributed by atoms with Crippen molar-refractivity contribution in [3.05, 3.63) is 22.4 Å². The SMILES string of the molecule is O=S(=O)(NCCC1CCCC1)c1cnc(Cl)c(Cl)c1. The van der Waals surface area contributed by atoms with E-state index in [1.807, 2.05) is 0 Å². The molecule has 0 spiro atoms. The molecule has 0 amide bonds. The summed E-state index contributed by atoms with van der Waals surface area (Å²) in [6.45, 7) is 0.452. The van der Waals surface area contributed by atoms with Crippen LogP contribution in [-0.2, 0) is 10.0 Å². The second-order valence-corrected chi connectivity index (χ2v) is 7.31. The summed E-state index contributed by atoms with van der Waals surface area (Å²) in [6.07, 6.45) is 7.02. The van der Waals surface area contributed by atoms with E-state index in [0.29, 0.717) is 12.5 Å². The van der Waals surface area contributed by atoms with Crippen LogP contribution in [0.15, 0.2) is 17.2 Å². The molecule has 0 radical (unpaired) electrons. The first-order valence-corrected chi connectivity index (χ1v) is 8.53. The topological polar surface area (TPSA) is 59.1 Å². The van der Waals surface area contributed by atoms with Crippen molar-refractivity contribution in [3.8, 4) is 0 Å². The first kappa shape index (κ1) is 15.0. The van der Waals surface area contributed by atoms with Crippen molar-refractivity contribution in [3.63, 3.8) is 0 Å². The molecule has 0 unspecified atom stereocenters. The number of aromatic nitrogens is 1. The Bertz CT molecular complexity index is 543. The lowest BCUT2D eigenvalue weighted by molar-refractivity contribution is 0.495. The first-order chi connectivity index (χ1) is 8.99. The Morgan fingerprint density at radius 2 is 2.00 bits per heavy atom. The number of hydrogen-bond acceptors (Lipinski definition) is 3. The van der Waals surface area contributed by atoms with E-state index in [1.165, 1.54) is 37.9 Å². The second kappa shape index (κ2) is 6.39. The van der Waals surface area contributed by atoms with E-state index in [4.69, 9.17) is 23.2 Å². The Morgan fingerprint density at radius 1 is 1.32 bits per heavy atom. The molecule has 0 atom stereocenters. The molecule has 7 heteroatoms. The zero-order valence-corrected chi connectivity index (χ0v) is 12.7. The van der Waals surface area contributed by atoms with Crippen molar-refractivity contribution in [2.75, 3.05) is 6.54 Å². The van der Waals surface area contributed by atoms with Gasteiger partial charge in [0.2, 0.25) is 10.0 Å². The highest BCUT2D eigenvalue weighted by Gasteiger charge is 2.18. The number of pyridine rings is 1. The van der Waals surface area contributed by atoms with Crippen LogP contribution in [0.1, 0.15) is 32.1 Å². The molecule has 1 aliphatic carbocycles. The normalized spacial score (nSPS) is 16.9. The van der Waals surface area contributed by atoms with Gasteiger partial charge in [-0.25, -0.2) is 18.1 Å². The van der Waals surface area contributed by atoms with Crippen molar-refractivity contribution in [2.45, 2.75) is 37.0 Å². The first-order valence-electron chi connectivity index (χ1n) is 6.30. The highest BCUT2D eigenvalue weighted by molar-refractivity contribution is 7.89. The molecule has 1 fully saturated rings. The number of halogens is 2. The summed E-state index contributed by atoms with van der Waals surface area (Å²) in [5, 5.41) is 0.243. The molecule has 0 aliphatic heterocycles. The average molecular weight is 323 g/mol. The fourth-order valence-electron chi connectivity index (χ4n) is 2.33. The Labute approximate surface area is 123 Å². The minimum absolute atomic E-state index is 0.0494. The third-order valence-corrected chi connectivity index (χ3v) is 5.51. The van der Waals surface area contributed by atoms with E-state index in [9.17, 15) is 8.42 Å². The number of rotatable bonds is 5. The van der Waals surface area contributed by atoms with Crippen LogP contribution in [0.4, 0.5) is 0 Å². The minimum Gasteiger partial charge on any atom is -0.242 e. The number of nitrogens with zero attached hydrogens (tertiary/aromatic N) is 1. The van der Waals surface area contributed by atoms with Gasteiger partial charge in [-0.3, -0.25) is 0 Å². The predicted octanol–water partition coefficient (Wildman–Crippen LogP) is 3.25. The predicted molar refractivity (Wildman–Crippen MR) is 76.0 cm³/mol. The van der Waals surface area contributed by atoms with Crippen molar-refractivity contribution < 1.29 is 8.42 Å². The van der Waals surface area contributed by atoms with Crippen LogP contribution in [0, 0.1) is 5.92 Å². The summed E-state index contributed by atoms with van der Waals surface area (Å²) in [4.78, 5) is 3.79. The minimum atomic E-state index is -3.55. The Balaban J connectivity index is 1.95. The summed E-state index contributed by atoms with van der Waals surface area (Å²) in [5.74, 6) is 0.648. The van der Waals surface area contributed by atoms with Gasteiger partial charge in [0, 0.05) is 12.7 Å². The van der Waals surface area contributed by atoms with E-state index in [2.05, 4.69) is 9.71 Å². The molecule has 1 heterocycles. The van der Waals surface area contributed by atoms with Gasteiger partial charge in [-0.1, -0.05) is 48.9 Å². The number of sulfonamides is 1. The van der Waals surface area contributed by atoms with Gasteiger partial charge in [0.05, 0.1) is 5.02 Å². The Morgan fingerprint density at radius 3 is 2.63 bits per heavy atom. The lowest BCUT2D eigenvalue weighted by Crippen LogP contribution is -2.26. The van der Waals surface area contributed by atoms with Crippen molar-refractivity contribution >= 4 is 33.2 Å². The van der Waals surface area contributed by atoms with Crippen molar-refractivity contribution in [1.29, 1.82) is 0 Å². The molecule has 1 aromatic rings. The molecule has 2 rings (SSSR count). The van der Waals surface area contributed by atoms with Crippen LogP contribution in [-0.4, -0.2) is 19.9 Å². The van der Waals surface area contributed by atoms with E-state index < -0.39 is 10.0 Å². The summed E-state index contributed by atoms with van der Waals surface area (Å²) in [5.41, 5.74) is 0. The van der Waals surface area contributed by atoms with Gasteiger partial charge in [-0.05, 0) is 18.4 Å². The quantitative estimate of drug-likeness (QED) is 0.846. The maximum absolute atomic E-state index is 12.0. The molecule has 0 bridgehead atoms. The number of hydrogen-bond donors (Lipinski definition) is 1. The van der Waals surface area contributed by atoms with Crippen LogP contribution >= 0.6 is 23.2 Å². The molecule has 0 aromatic carbocycles. The van der Waals surface area contributed by atoms with Gasteiger partial charge >= 0.3 is 0 Å². The molecule has 19 heavy (non-hydrogen) atoms. The molecular weight excluding hydrogens is 307 g/mol. The van der Waals surface area contributed by atoms with Crippen molar-refractivity contribution in [1.82, 2.24) is 9.71 Å². The lowest BCUT2D eigenvalue weighted by atomic mass is 10.1. The Hall–Kier alpha value is -0.360. The standard InChI is InChI=1S/C12H16Cl2N2O2S/c13-11-7-10(8-15-12(11)14)19(17,18)16-6-5-9-3-1-2-4-9/h7-9,16H,1-6H2. The molecule has 1 aliphatic rings. The van der Waals surface area contributed by atoms with Gasteiger partial charge in [0.15, 0.2) is 0 Å². The monoisotopic (exact) mass is 322 g/mol. The fourth-order valence-corrected chi connectivity index (χ4v) is 3.68. The summed E-state index contributed by atoms with van der Waals surface area (Å²) < 4.78 is 26.6. The maximum Gasteiger partial charge on any atom is 0.242 e. The van der Waals surface area contributed by atoms with E-state index in [1.54, 1.807) is 0 Å². The van der Waals surface area contributed by atoms with Crippen LogP contribution in [0.5, 0.6) is 0 Å². The van der Waals surface area contributed by atoms with Gasteiger partial charge in [-0.2, -0.15) is 0 Å². The number of nitrogens with one attached hydrogen (secondary N) is 1. The summed E-state index contributed by atoms with van der Waals surface area (Å²) in [6, 6.07) is 1.31. The molecule has 106 valence electrons. The van der Waals surface area contributed by atoms with Gasteiger partial charge in [0.25, 0.3) is 0 Å². The largest absolute Gasteiger partial charge is 0.242 e. The molecule has 0 saturated heterocycles. The van der Waals surface area contributed by atoms with Crippen LogP contribution in [0.2, 0.25) is 10.2 Å². The average Bonchev–Trinajstić information content (AvgIpc) is 2.85. The molecule has 4 nitrogen and oxygen atoms in total. The molecule has 1 saturated carbocycles. The van der Waals surface area contributed by atoms with E-state index in [0.717, 1.165) is 6.42 Å². The van der Waals surface area contributed by atoms with Crippen molar-refractivity contribution in [2.24, 2.45) is 5.92 Å². The summed E-state index contributed by atoms with van der Waals surface area (Å²) >= 11 is 11.4. The highest BCUT2D eigenvalue weighted by Crippen LogP contribution is 2.27. The third-order valence-electron chi connectivity index (χ3n) is 3.40. The second-order valence-electron chi connectivity index (χ2n) is 4.78. The van der Waals surface area contributed by atoms with Crippen LogP contribution < -0.4 is 4.72 Å². The molecule has 1 N–H and O–H groups in total. The van der Waals surface area contributed by atoms with E-state index in [-0.39, 0.29) is 15.1 Å². The van der Waals surface area contributed by atoms with Gasteiger partial charge < -0.3 is 0 Å². The maximum atomic E-state index is 12.0. The van der Waals surface area contributed by atoms with Gasteiger partial charge in [-0.15, -0.1) is 0 Å². The lowest BCUT2D eigenvalue weighted by Gasteiger charge is -2.10. The molecule has 1 aromatic heterocycles. The zero-order chi connectivity index (χ0) is 13.9. The van der Waals surface area contributed by atoms with Crippen LogP contribution in [0.25, 0.3) is 0 Å².